The van der Waals surface area contributed by atoms with Crippen molar-refractivity contribution in [3.63, 3.8) is 0 Å². The Morgan fingerprint density at radius 2 is 1.75 bits per heavy atom. The van der Waals surface area contributed by atoms with Crippen molar-refractivity contribution in [3.05, 3.63) is 65.0 Å². The number of benzene rings is 2. The maximum absolute atomic E-state index is 13.2. The lowest BCUT2D eigenvalue weighted by molar-refractivity contribution is -0.120. The summed E-state index contributed by atoms with van der Waals surface area (Å²) in [7, 11) is -3.86. The van der Waals surface area contributed by atoms with Crippen LogP contribution in [0.25, 0.3) is 0 Å². The standard InChI is InChI=1S/C17H19FN2O3S/c1-12-3-5-14(6-4-12)10-19-17(21)11-20-24(22,23)15-7-8-16(18)13(2)9-15/h3-9,20H,10-11H2,1-2H3,(H,19,21). The molecule has 128 valence electrons. The number of sulfonamides is 1. The predicted molar refractivity (Wildman–Crippen MR) is 89.4 cm³/mol. The van der Waals surface area contributed by atoms with Gasteiger partial charge in [-0.2, -0.15) is 0 Å². The molecule has 0 unspecified atom stereocenters. The summed E-state index contributed by atoms with van der Waals surface area (Å²) in [6.45, 7) is 3.37. The third kappa shape index (κ3) is 4.87. The second-order valence-electron chi connectivity index (χ2n) is 5.50. The van der Waals surface area contributed by atoms with Gasteiger partial charge in [0.15, 0.2) is 0 Å². The number of halogens is 1. The van der Waals surface area contributed by atoms with Crippen molar-refractivity contribution in [2.75, 3.05) is 6.54 Å². The summed E-state index contributed by atoms with van der Waals surface area (Å²) in [6, 6.07) is 11.1. The van der Waals surface area contributed by atoms with Gasteiger partial charge in [-0.1, -0.05) is 29.8 Å². The Kier molecular flexibility index (Phi) is 5.69. The van der Waals surface area contributed by atoms with Crippen LogP contribution in [0.4, 0.5) is 4.39 Å². The van der Waals surface area contributed by atoms with Crippen LogP contribution in [0, 0.1) is 19.7 Å². The maximum atomic E-state index is 13.2. The van der Waals surface area contributed by atoms with Crippen LogP contribution < -0.4 is 10.0 Å². The largest absolute Gasteiger partial charge is 0.351 e. The van der Waals surface area contributed by atoms with E-state index in [2.05, 4.69) is 10.0 Å². The zero-order valence-electron chi connectivity index (χ0n) is 13.5. The number of rotatable bonds is 6. The van der Waals surface area contributed by atoms with Gasteiger partial charge in [0.05, 0.1) is 11.4 Å². The molecule has 0 heterocycles. The maximum Gasteiger partial charge on any atom is 0.241 e. The molecule has 2 aromatic carbocycles. The Labute approximate surface area is 141 Å². The summed E-state index contributed by atoms with van der Waals surface area (Å²) in [5, 5.41) is 2.64. The van der Waals surface area contributed by atoms with E-state index in [4.69, 9.17) is 0 Å². The van der Waals surface area contributed by atoms with Crippen molar-refractivity contribution < 1.29 is 17.6 Å². The minimum absolute atomic E-state index is 0.0762. The van der Waals surface area contributed by atoms with Gasteiger partial charge in [-0.05, 0) is 43.2 Å². The molecule has 2 aromatic rings. The Bertz CT molecular complexity index is 833. The van der Waals surface area contributed by atoms with Gasteiger partial charge in [-0.3, -0.25) is 4.79 Å². The van der Waals surface area contributed by atoms with E-state index >= 15 is 0 Å². The molecule has 0 aliphatic heterocycles. The summed E-state index contributed by atoms with van der Waals surface area (Å²) >= 11 is 0. The van der Waals surface area contributed by atoms with E-state index in [9.17, 15) is 17.6 Å². The van der Waals surface area contributed by atoms with Crippen molar-refractivity contribution in [2.24, 2.45) is 0 Å². The molecule has 0 fully saturated rings. The highest BCUT2D eigenvalue weighted by molar-refractivity contribution is 7.89. The van der Waals surface area contributed by atoms with E-state index in [1.807, 2.05) is 31.2 Å². The molecular formula is C17H19FN2O3S. The van der Waals surface area contributed by atoms with Gasteiger partial charge in [-0.15, -0.1) is 0 Å². The normalized spacial score (nSPS) is 11.3. The average molecular weight is 350 g/mol. The van der Waals surface area contributed by atoms with Crippen molar-refractivity contribution in [1.29, 1.82) is 0 Å². The van der Waals surface area contributed by atoms with E-state index in [1.54, 1.807) is 0 Å². The first-order valence-corrected chi connectivity index (χ1v) is 8.84. The number of hydrogen-bond acceptors (Lipinski definition) is 3. The predicted octanol–water partition coefficient (Wildman–Crippen LogP) is 2.04. The number of amides is 1. The van der Waals surface area contributed by atoms with E-state index in [0.29, 0.717) is 6.54 Å². The number of hydrogen-bond donors (Lipinski definition) is 2. The van der Waals surface area contributed by atoms with Crippen LogP contribution >= 0.6 is 0 Å². The molecule has 7 heteroatoms. The molecule has 0 aliphatic carbocycles. The van der Waals surface area contributed by atoms with Gasteiger partial charge in [0, 0.05) is 6.54 Å². The average Bonchev–Trinajstić information content (AvgIpc) is 2.55. The minimum atomic E-state index is -3.86. The third-order valence-electron chi connectivity index (χ3n) is 3.47. The highest BCUT2D eigenvalue weighted by atomic mass is 32.2. The van der Waals surface area contributed by atoms with Gasteiger partial charge < -0.3 is 5.32 Å². The van der Waals surface area contributed by atoms with Gasteiger partial charge in [0.1, 0.15) is 5.82 Å². The smallest absolute Gasteiger partial charge is 0.241 e. The molecule has 0 atom stereocenters. The third-order valence-corrected chi connectivity index (χ3v) is 4.87. The Balaban J connectivity index is 1.90. The van der Waals surface area contributed by atoms with Crippen molar-refractivity contribution in [2.45, 2.75) is 25.3 Å². The first-order chi connectivity index (χ1) is 11.3. The minimum Gasteiger partial charge on any atom is -0.351 e. The van der Waals surface area contributed by atoms with Crippen molar-refractivity contribution in [1.82, 2.24) is 10.0 Å². The highest BCUT2D eigenvalue weighted by Crippen LogP contribution is 2.13. The van der Waals surface area contributed by atoms with Crippen molar-refractivity contribution in [3.8, 4) is 0 Å². The molecule has 0 radical (unpaired) electrons. The fourth-order valence-electron chi connectivity index (χ4n) is 2.00. The molecule has 2 N–H and O–H groups in total. The fourth-order valence-corrected chi connectivity index (χ4v) is 3.06. The van der Waals surface area contributed by atoms with Crippen LogP contribution in [-0.4, -0.2) is 20.9 Å². The highest BCUT2D eigenvalue weighted by Gasteiger charge is 2.16. The van der Waals surface area contributed by atoms with Gasteiger partial charge >= 0.3 is 0 Å². The van der Waals surface area contributed by atoms with Gasteiger partial charge in [-0.25, -0.2) is 17.5 Å². The molecule has 24 heavy (non-hydrogen) atoms. The second-order valence-corrected chi connectivity index (χ2v) is 7.26. The molecule has 0 saturated heterocycles. The quantitative estimate of drug-likeness (QED) is 0.837. The van der Waals surface area contributed by atoms with Crippen LogP contribution in [0.3, 0.4) is 0 Å². The Hall–Kier alpha value is -2.25. The lowest BCUT2D eigenvalue weighted by atomic mass is 10.1. The topological polar surface area (TPSA) is 75.3 Å². The van der Waals surface area contributed by atoms with E-state index in [1.165, 1.54) is 13.0 Å². The molecule has 0 aliphatic rings. The van der Waals surface area contributed by atoms with E-state index < -0.39 is 21.7 Å². The zero-order valence-corrected chi connectivity index (χ0v) is 14.3. The molecule has 0 bridgehead atoms. The molecule has 0 saturated carbocycles. The molecule has 5 nitrogen and oxygen atoms in total. The summed E-state index contributed by atoms with van der Waals surface area (Å²) < 4.78 is 39.6. The van der Waals surface area contributed by atoms with Crippen LogP contribution in [0.2, 0.25) is 0 Å². The first kappa shape index (κ1) is 18.1. The number of nitrogens with one attached hydrogen (secondary N) is 2. The van der Waals surface area contributed by atoms with Crippen LogP contribution in [0.1, 0.15) is 16.7 Å². The summed E-state index contributed by atoms with van der Waals surface area (Å²) in [4.78, 5) is 11.7. The number of carbonyl (C=O) groups is 1. The van der Waals surface area contributed by atoms with Crippen LogP contribution in [0.5, 0.6) is 0 Å². The lowest BCUT2D eigenvalue weighted by Gasteiger charge is -2.09. The molecule has 0 aromatic heterocycles. The molecular weight excluding hydrogens is 331 g/mol. The van der Waals surface area contributed by atoms with E-state index in [-0.39, 0.29) is 17.0 Å². The first-order valence-electron chi connectivity index (χ1n) is 7.36. The molecule has 2 rings (SSSR count). The van der Waals surface area contributed by atoms with E-state index in [0.717, 1.165) is 23.3 Å². The zero-order chi connectivity index (χ0) is 17.7. The number of aryl methyl sites for hydroxylation is 2. The summed E-state index contributed by atoms with van der Waals surface area (Å²) in [5.41, 5.74) is 2.26. The lowest BCUT2D eigenvalue weighted by Crippen LogP contribution is -2.36. The van der Waals surface area contributed by atoms with Crippen LogP contribution in [0.15, 0.2) is 47.4 Å². The monoisotopic (exact) mass is 350 g/mol. The van der Waals surface area contributed by atoms with Gasteiger partial charge in [0.2, 0.25) is 15.9 Å². The second kappa shape index (κ2) is 7.55. The van der Waals surface area contributed by atoms with Crippen LogP contribution in [-0.2, 0) is 21.4 Å². The van der Waals surface area contributed by atoms with Crippen molar-refractivity contribution >= 4 is 15.9 Å². The molecule has 0 spiro atoms. The molecule has 1 amide bonds. The summed E-state index contributed by atoms with van der Waals surface area (Å²) in [5.74, 6) is -0.928. The Morgan fingerprint density at radius 3 is 2.38 bits per heavy atom. The SMILES string of the molecule is Cc1ccc(CNC(=O)CNS(=O)(=O)c2ccc(F)c(C)c2)cc1. The Morgan fingerprint density at radius 1 is 1.08 bits per heavy atom. The summed E-state index contributed by atoms with van der Waals surface area (Å²) in [6.07, 6.45) is 0. The number of carbonyl (C=O) groups excluding carboxylic acids is 1. The fraction of sp³-hybridized carbons (Fsp3) is 0.235. The van der Waals surface area contributed by atoms with Gasteiger partial charge in [0.25, 0.3) is 0 Å².